The number of nitrogens with one attached hydrogen (secondary N) is 1. The summed E-state index contributed by atoms with van der Waals surface area (Å²) in [7, 11) is 0. The third-order valence-electron chi connectivity index (χ3n) is 3.13. The lowest BCUT2D eigenvalue weighted by atomic mass is 10.2. The number of anilines is 1. The van der Waals surface area contributed by atoms with Crippen molar-refractivity contribution >= 4 is 11.5 Å². The topological polar surface area (TPSA) is 99.4 Å². The molecule has 1 fully saturated rings. The Balaban J connectivity index is 2.43. The van der Waals surface area contributed by atoms with E-state index in [9.17, 15) is 10.1 Å². The van der Waals surface area contributed by atoms with Crippen LogP contribution in [-0.2, 0) is 4.74 Å². The number of nitrogens with zero attached hydrogens (tertiary/aromatic N) is 3. The van der Waals surface area contributed by atoms with Crippen LogP contribution < -0.4 is 10.1 Å². The van der Waals surface area contributed by atoms with E-state index >= 15 is 0 Å². The summed E-state index contributed by atoms with van der Waals surface area (Å²) in [4.78, 5) is 19.3. The normalized spacial score (nSPS) is 17.2. The minimum atomic E-state index is -0.532. The van der Waals surface area contributed by atoms with Crippen LogP contribution in [0.3, 0.4) is 0 Å². The first kappa shape index (κ1) is 16.2. The predicted molar refractivity (Wildman–Crippen MR) is 81.1 cm³/mol. The van der Waals surface area contributed by atoms with Gasteiger partial charge in [-0.3, -0.25) is 10.1 Å². The molecule has 22 heavy (non-hydrogen) atoms. The first-order valence-corrected chi connectivity index (χ1v) is 7.32. The standard InChI is InChI=1S/C14H20N4O4/c1-3-7-15-13-11(18(19)20)14(22-8-4-2)17-12(16-13)10-6-5-9-21-10/h3,10H,1,4-9H2,2H3,(H,15,16,17). The molecule has 2 rings (SSSR count). The minimum absolute atomic E-state index is 0.0149. The first-order chi connectivity index (χ1) is 10.7. The molecule has 0 saturated carbocycles. The second-order valence-electron chi connectivity index (χ2n) is 4.86. The van der Waals surface area contributed by atoms with Gasteiger partial charge in [-0.05, 0) is 19.3 Å². The Bertz CT molecular complexity index is 544. The van der Waals surface area contributed by atoms with Gasteiger partial charge in [0.25, 0.3) is 5.88 Å². The number of rotatable bonds is 8. The van der Waals surface area contributed by atoms with Gasteiger partial charge in [0.1, 0.15) is 6.10 Å². The van der Waals surface area contributed by atoms with E-state index in [-0.39, 0.29) is 23.5 Å². The molecule has 1 N–H and O–H groups in total. The van der Waals surface area contributed by atoms with Crippen LogP contribution in [0.2, 0.25) is 0 Å². The highest BCUT2D eigenvalue weighted by atomic mass is 16.6. The summed E-state index contributed by atoms with van der Waals surface area (Å²) in [6.45, 7) is 6.86. The second-order valence-corrected chi connectivity index (χ2v) is 4.86. The van der Waals surface area contributed by atoms with E-state index < -0.39 is 4.92 Å². The maximum absolute atomic E-state index is 11.3. The van der Waals surface area contributed by atoms with Crippen molar-refractivity contribution in [1.29, 1.82) is 0 Å². The van der Waals surface area contributed by atoms with Crippen LogP contribution in [-0.4, -0.2) is 34.6 Å². The Kier molecular flexibility index (Phi) is 5.65. The fraction of sp³-hybridized carbons (Fsp3) is 0.571. The average molecular weight is 308 g/mol. The van der Waals surface area contributed by atoms with Crippen molar-refractivity contribution in [3.05, 3.63) is 28.6 Å². The Labute approximate surface area is 128 Å². The van der Waals surface area contributed by atoms with Gasteiger partial charge in [-0.15, -0.1) is 6.58 Å². The number of hydrogen-bond donors (Lipinski definition) is 1. The molecule has 1 aliphatic rings. The Morgan fingerprint density at radius 2 is 2.41 bits per heavy atom. The fourth-order valence-corrected chi connectivity index (χ4v) is 2.13. The summed E-state index contributed by atoms with van der Waals surface area (Å²) in [5, 5.41) is 14.2. The van der Waals surface area contributed by atoms with Gasteiger partial charge in [0.15, 0.2) is 5.82 Å². The van der Waals surface area contributed by atoms with Gasteiger partial charge in [0.2, 0.25) is 5.82 Å². The van der Waals surface area contributed by atoms with Crippen LogP contribution in [0.4, 0.5) is 11.5 Å². The van der Waals surface area contributed by atoms with E-state index in [4.69, 9.17) is 9.47 Å². The summed E-state index contributed by atoms with van der Waals surface area (Å²) >= 11 is 0. The average Bonchev–Trinajstić information content (AvgIpc) is 3.04. The zero-order valence-corrected chi connectivity index (χ0v) is 12.6. The fourth-order valence-electron chi connectivity index (χ4n) is 2.13. The van der Waals surface area contributed by atoms with Crippen molar-refractivity contribution < 1.29 is 14.4 Å². The highest BCUT2D eigenvalue weighted by Gasteiger charge is 2.30. The molecule has 0 aliphatic carbocycles. The predicted octanol–water partition coefficient (Wildman–Crippen LogP) is 2.62. The van der Waals surface area contributed by atoms with Crippen molar-refractivity contribution in [3.63, 3.8) is 0 Å². The molecule has 120 valence electrons. The second kappa shape index (κ2) is 7.69. The first-order valence-electron chi connectivity index (χ1n) is 7.32. The molecule has 0 radical (unpaired) electrons. The van der Waals surface area contributed by atoms with E-state index in [1.54, 1.807) is 6.08 Å². The van der Waals surface area contributed by atoms with E-state index in [0.717, 1.165) is 19.3 Å². The molecule has 1 unspecified atom stereocenters. The highest BCUT2D eigenvalue weighted by molar-refractivity contribution is 5.62. The lowest BCUT2D eigenvalue weighted by Crippen LogP contribution is -2.13. The molecule has 8 heteroatoms. The van der Waals surface area contributed by atoms with Crippen LogP contribution in [0.25, 0.3) is 0 Å². The van der Waals surface area contributed by atoms with Crippen molar-refractivity contribution in [2.45, 2.75) is 32.3 Å². The molecule has 2 heterocycles. The molecule has 0 spiro atoms. The SMILES string of the molecule is C=CCNc1nc(C2CCCO2)nc(OCCC)c1[N+](=O)[O-]. The molecule has 1 saturated heterocycles. The van der Waals surface area contributed by atoms with Crippen molar-refractivity contribution in [2.24, 2.45) is 0 Å². The van der Waals surface area contributed by atoms with Gasteiger partial charge in [-0.25, -0.2) is 4.98 Å². The maximum Gasteiger partial charge on any atom is 0.372 e. The summed E-state index contributed by atoms with van der Waals surface area (Å²) in [6, 6.07) is 0. The van der Waals surface area contributed by atoms with Gasteiger partial charge < -0.3 is 14.8 Å². The molecule has 1 aromatic rings. The number of hydrogen-bond acceptors (Lipinski definition) is 7. The minimum Gasteiger partial charge on any atom is -0.473 e. The van der Waals surface area contributed by atoms with Gasteiger partial charge in [-0.2, -0.15) is 4.98 Å². The third kappa shape index (κ3) is 3.70. The van der Waals surface area contributed by atoms with Gasteiger partial charge >= 0.3 is 5.69 Å². The lowest BCUT2D eigenvalue weighted by molar-refractivity contribution is -0.385. The largest absolute Gasteiger partial charge is 0.473 e. The molecule has 0 aromatic carbocycles. The molecule has 1 aliphatic heterocycles. The lowest BCUT2D eigenvalue weighted by Gasteiger charge is -2.13. The number of ether oxygens (including phenoxy) is 2. The number of aromatic nitrogens is 2. The molecule has 0 bridgehead atoms. The van der Waals surface area contributed by atoms with Crippen LogP contribution in [0.5, 0.6) is 5.88 Å². The van der Waals surface area contributed by atoms with E-state index in [0.29, 0.717) is 25.6 Å². The third-order valence-corrected chi connectivity index (χ3v) is 3.13. The highest BCUT2D eigenvalue weighted by Crippen LogP contribution is 2.35. The van der Waals surface area contributed by atoms with Crippen LogP contribution in [0, 0.1) is 10.1 Å². The zero-order chi connectivity index (χ0) is 15.9. The maximum atomic E-state index is 11.3. The van der Waals surface area contributed by atoms with Crippen molar-refractivity contribution in [1.82, 2.24) is 9.97 Å². The van der Waals surface area contributed by atoms with Crippen LogP contribution in [0.15, 0.2) is 12.7 Å². The molecule has 8 nitrogen and oxygen atoms in total. The van der Waals surface area contributed by atoms with Crippen molar-refractivity contribution in [3.8, 4) is 5.88 Å². The Hall–Kier alpha value is -2.22. The van der Waals surface area contributed by atoms with E-state index in [1.807, 2.05) is 6.92 Å². The smallest absolute Gasteiger partial charge is 0.372 e. The van der Waals surface area contributed by atoms with E-state index in [2.05, 4.69) is 21.9 Å². The Morgan fingerprint density at radius 1 is 1.59 bits per heavy atom. The summed E-state index contributed by atoms with van der Waals surface area (Å²) in [6.07, 6.45) is 3.81. The summed E-state index contributed by atoms with van der Waals surface area (Å²) < 4.78 is 11.0. The quantitative estimate of drug-likeness (QED) is 0.447. The van der Waals surface area contributed by atoms with Crippen molar-refractivity contribution in [2.75, 3.05) is 25.1 Å². The van der Waals surface area contributed by atoms with E-state index in [1.165, 1.54) is 0 Å². The molecular formula is C14H20N4O4. The summed E-state index contributed by atoms with van der Waals surface area (Å²) in [5.41, 5.74) is -0.253. The molecule has 0 amide bonds. The number of nitro groups is 1. The van der Waals surface area contributed by atoms with Gasteiger partial charge in [-0.1, -0.05) is 13.0 Å². The van der Waals surface area contributed by atoms with Gasteiger partial charge in [0, 0.05) is 13.2 Å². The Morgan fingerprint density at radius 3 is 3.00 bits per heavy atom. The van der Waals surface area contributed by atoms with Gasteiger partial charge in [0.05, 0.1) is 11.5 Å². The summed E-state index contributed by atoms with van der Waals surface area (Å²) in [5.74, 6) is 0.538. The zero-order valence-electron chi connectivity index (χ0n) is 12.6. The van der Waals surface area contributed by atoms with Crippen LogP contribution >= 0.6 is 0 Å². The molecule has 1 atom stereocenters. The monoisotopic (exact) mass is 308 g/mol. The molecule has 1 aromatic heterocycles. The molecular weight excluding hydrogens is 288 g/mol. The van der Waals surface area contributed by atoms with Crippen LogP contribution in [0.1, 0.15) is 38.1 Å².